The Labute approximate surface area is 139 Å². The largest absolute Gasteiger partial charge is 0.444 e. The molecule has 0 saturated heterocycles. The minimum absolute atomic E-state index is 0.0462. The van der Waals surface area contributed by atoms with Gasteiger partial charge in [0.05, 0.1) is 0 Å². The minimum atomic E-state index is -1.07. The summed E-state index contributed by atoms with van der Waals surface area (Å²) in [6.07, 6.45) is -2.13. The van der Waals surface area contributed by atoms with Crippen molar-refractivity contribution >= 4 is 18.1 Å². The zero-order valence-corrected chi connectivity index (χ0v) is 12.8. The van der Waals surface area contributed by atoms with Gasteiger partial charge in [0.25, 0.3) is 0 Å². The van der Waals surface area contributed by atoms with Crippen LogP contribution in [0.5, 0.6) is 0 Å². The summed E-state index contributed by atoms with van der Waals surface area (Å²) in [6, 6.07) is 17.9. The zero-order valence-electron chi connectivity index (χ0n) is 12.8. The molecule has 0 saturated carbocycles. The van der Waals surface area contributed by atoms with E-state index < -0.39 is 18.1 Å². The fourth-order valence-electron chi connectivity index (χ4n) is 1.84. The minimum Gasteiger partial charge on any atom is -0.444 e. The second-order valence-electron chi connectivity index (χ2n) is 4.80. The van der Waals surface area contributed by atoms with Crippen LogP contribution in [0.1, 0.15) is 11.1 Å². The van der Waals surface area contributed by atoms with Gasteiger partial charge in [-0.3, -0.25) is 5.41 Å². The molecule has 24 heavy (non-hydrogen) atoms. The first-order valence-corrected chi connectivity index (χ1v) is 7.13. The smallest absolute Gasteiger partial charge is 0.426 e. The van der Waals surface area contributed by atoms with Gasteiger partial charge in [0, 0.05) is 0 Å². The third-order valence-electron chi connectivity index (χ3n) is 3.02. The molecule has 0 atom stereocenters. The molecule has 0 bridgehead atoms. The predicted octanol–water partition coefficient (Wildman–Crippen LogP) is 2.86. The Morgan fingerprint density at radius 1 is 0.833 bits per heavy atom. The van der Waals surface area contributed by atoms with Crippen molar-refractivity contribution in [1.29, 1.82) is 5.41 Å². The average Bonchev–Trinajstić information content (AvgIpc) is 2.60. The molecule has 0 heterocycles. The van der Waals surface area contributed by atoms with Crippen LogP contribution in [0.3, 0.4) is 0 Å². The number of rotatable bonds is 4. The number of hydrogen-bond donors (Lipinski definition) is 2. The van der Waals surface area contributed by atoms with Crippen LogP contribution in [-0.2, 0) is 22.7 Å². The highest BCUT2D eigenvalue weighted by atomic mass is 16.6. The van der Waals surface area contributed by atoms with E-state index in [2.05, 4.69) is 0 Å². The van der Waals surface area contributed by atoms with E-state index in [1.54, 1.807) is 48.5 Å². The number of nitrogens with zero attached hydrogens (tertiary/aromatic N) is 1. The van der Waals surface area contributed by atoms with Crippen LogP contribution in [-0.4, -0.2) is 23.0 Å². The lowest BCUT2D eigenvalue weighted by Gasteiger charge is -2.18. The summed E-state index contributed by atoms with van der Waals surface area (Å²) in [5, 5.41) is 7.38. The van der Waals surface area contributed by atoms with Gasteiger partial charge >= 0.3 is 12.2 Å². The number of nitrogens with two attached hydrogens (primary N) is 1. The van der Waals surface area contributed by atoms with E-state index in [0.29, 0.717) is 4.90 Å². The summed E-state index contributed by atoms with van der Waals surface area (Å²) in [4.78, 5) is 24.3. The SMILES string of the molecule is N=C(N)N(C(=O)OCc1ccccc1)C(=O)OCc1ccccc1. The van der Waals surface area contributed by atoms with Crippen LogP contribution in [0.2, 0.25) is 0 Å². The first kappa shape index (κ1) is 17.0. The Bertz CT molecular complexity index is 649. The molecular formula is C17H17N3O4. The summed E-state index contributed by atoms with van der Waals surface area (Å²) in [6.45, 7) is -0.0924. The number of imide groups is 1. The zero-order chi connectivity index (χ0) is 17.4. The molecule has 2 amide bonds. The first-order valence-electron chi connectivity index (χ1n) is 7.13. The van der Waals surface area contributed by atoms with Gasteiger partial charge in [-0.1, -0.05) is 60.7 Å². The number of carbonyl (C=O) groups is 2. The van der Waals surface area contributed by atoms with Gasteiger partial charge in [0.2, 0.25) is 5.96 Å². The molecule has 124 valence electrons. The van der Waals surface area contributed by atoms with E-state index in [1.807, 2.05) is 12.1 Å². The van der Waals surface area contributed by atoms with Crippen LogP contribution in [0.4, 0.5) is 9.59 Å². The first-order chi connectivity index (χ1) is 11.6. The van der Waals surface area contributed by atoms with E-state index in [0.717, 1.165) is 11.1 Å². The third-order valence-corrected chi connectivity index (χ3v) is 3.02. The number of amides is 2. The van der Waals surface area contributed by atoms with Crippen molar-refractivity contribution in [2.75, 3.05) is 0 Å². The summed E-state index contributed by atoms with van der Waals surface area (Å²) in [5.41, 5.74) is 6.77. The highest BCUT2D eigenvalue weighted by Crippen LogP contribution is 2.07. The van der Waals surface area contributed by atoms with Gasteiger partial charge in [0.15, 0.2) is 0 Å². The van der Waals surface area contributed by atoms with Gasteiger partial charge in [-0.2, -0.15) is 0 Å². The molecule has 2 rings (SSSR count). The normalized spacial score (nSPS) is 9.83. The van der Waals surface area contributed by atoms with Crippen molar-refractivity contribution < 1.29 is 19.1 Å². The van der Waals surface area contributed by atoms with Crippen molar-refractivity contribution in [2.24, 2.45) is 5.73 Å². The topological polar surface area (TPSA) is 106 Å². The number of carbonyl (C=O) groups excluding carboxylic acids is 2. The second-order valence-corrected chi connectivity index (χ2v) is 4.80. The number of nitrogens with one attached hydrogen (secondary N) is 1. The van der Waals surface area contributed by atoms with Gasteiger partial charge in [0.1, 0.15) is 13.2 Å². The molecule has 0 aliphatic carbocycles. The fraction of sp³-hybridized carbons (Fsp3) is 0.118. The van der Waals surface area contributed by atoms with Crippen LogP contribution in [0.15, 0.2) is 60.7 Å². The Hall–Kier alpha value is -3.35. The summed E-state index contributed by atoms with van der Waals surface area (Å²) >= 11 is 0. The van der Waals surface area contributed by atoms with Crippen molar-refractivity contribution in [3.8, 4) is 0 Å². The second kappa shape index (κ2) is 8.33. The lowest BCUT2D eigenvalue weighted by atomic mass is 10.2. The van der Waals surface area contributed by atoms with E-state index in [-0.39, 0.29) is 13.2 Å². The van der Waals surface area contributed by atoms with Crippen molar-refractivity contribution in [1.82, 2.24) is 4.90 Å². The Morgan fingerprint density at radius 2 is 1.21 bits per heavy atom. The number of hydrogen-bond acceptors (Lipinski definition) is 5. The Kier molecular flexibility index (Phi) is 5.90. The maximum atomic E-state index is 12.0. The molecule has 0 spiro atoms. The van der Waals surface area contributed by atoms with E-state index >= 15 is 0 Å². The number of ether oxygens (including phenoxy) is 2. The molecular weight excluding hydrogens is 310 g/mol. The molecule has 7 nitrogen and oxygen atoms in total. The van der Waals surface area contributed by atoms with Gasteiger partial charge in [-0.05, 0) is 11.1 Å². The molecule has 2 aromatic carbocycles. The maximum absolute atomic E-state index is 12.0. The summed E-state index contributed by atoms with van der Waals surface area (Å²) in [5.74, 6) is -0.772. The number of benzene rings is 2. The highest BCUT2D eigenvalue weighted by molar-refractivity contribution is 6.05. The molecule has 0 unspecified atom stereocenters. The predicted molar refractivity (Wildman–Crippen MR) is 87.0 cm³/mol. The van der Waals surface area contributed by atoms with Crippen LogP contribution in [0.25, 0.3) is 0 Å². The number of guanidine groups is 1. The van der Waals surface area contributed by atoms with Crippen LogP contribution in [0, 0.1) is 5.41 Å². The monoisotopic (exact) mass is 327 g/mol. The quantitative estimate of drug-likeness (QED) is 0.663. The maximum Gasteiger partial charge on any atom is 0.426 e. The van der Waals surface area contributed by atoms with Gasteiger partial charge < -0.3 is 15.2 Å². The average molecular weight is 327 g/mol. The molecule has 0 aromatic heterocycles. The molecule has 0 aliphatic heterocycles. The Balaban J connectivity index is 1.93. The molecule has 0 radical (unpaired) electrons. The third kappa shape index (κ3) is 4.84. The summed E-state index contributed by atoms with van der Waals surface area (Å²) < 4.78 is 9.98. The molecule has 0 fully saturated rings. The molecule has 3 N–H and O–H groups in total. The molecule has 0 aliphatic rings. The Morgan fingerprint density at radius 3 is 1.54 bits per heavy atom. The van der Waals surface area contributed by atoms with E-state index in [9.17, 15) is 9.59 Å². The van der Waals surface area contributed by atoms with Crippen LogP contribution >= 0.6 is 0 Å². The molecule has 2 aromatic rings. The van der Waals surface area contributed by atoms with E-state index in [4.69, 9.17) is 20.6 Å². The van der Waals surface area contributed by atoms with Gasteiger partial charge in [-0.15, -0.1) is 4.90 Å². The fourth-order valence-corrected chi connectivity index (χ4v) is 1.84. The van der Waals surface area contributed by atoms with E-state index in [1.165, 1.54) is 0 Å². The standard InChI is InChI=1S/C17H17N3O4/c18-15(19)20(16(21)23-11-13-7-3-1-4-8-13)17(22)24-12-14-9-5-2-6-10-14/h1-10H,11-12H2,(H3,18,19). The lowest BCUT2D eigenvalue weighted by molar-refractivity contribution is 0.0886. The molecule has 7 heteroatoms. The van der Waals surface area contributed by atoms with Crippen LogP contribution < -0.4 is 5.73 Å². The van der Waals surface area contributed by atoms with Crippen molar-refractivity contribution in [3.05, 3.63) is 71.8 Å². The highest BCUT2D eigenvalue weighted by Gasteiger charge is 2.27. The lowest BCUT2D eigenvalue weighted by Crippen LogP contribution is -2.45. The van der Waals surface area contributed by atoms with Crippen molar-refractivity contribution in [2.45, 2.75) is 13.2 Å². The van der Waals surface area contributed by atoms with Crippen molar-refractivity contribution in [3.63, 3.8) is 0 Å². The van der Waals surface area contributed by atoms with Gasteiger partial charge in [-0.25, -0.2) is 9.59 Å². The summed E-state index contributed by atoms with van der Waals surface area (Å²) in [7, 11) is 0.